The summed E-state index contributed by atoms with van der Waals surface area (Å²) in [5, 5.41) is 9.75. The first-order valence-electron chi connectivity index (χ1n) is 13.0. The van der Waals surface area contributed by atoms with Crippen molar-refractivity contribution in [2.24, 2.45) is 7.05 Å². The summed E-state index contributed by atoms with van der Waals surface area (Å²) >= 11 is 0. The zero-order valence-corrected chi connectivity index (χ0v) is 21.1. The monoisotopic (exact) mass is 485 g/mol. The van der Waals surface area contributed by atoms with Crippen LogP contribution in [0.5, 0.6) is 11.5 Å². The molecule has 0 saturated heterocycles. The molecule has 1 saturated carbocycles. The summed E-state index contributed by atoms with van der Waals surface area (Å²) in [5.41, 5.74) is 4.75. The Morgan fingerprint density at radius 3 is 2.58 bits per heavy atom. The minimum atomic E-state index is -0.0441. The smallest absolute Gasteiger partial charge is 0.262 e. The first kappa shape index (κ1) is 21.9. The fourth-order valence-electron chi connectivity index (χ4n) is 6.73. The normalized spacial score (nSPS) is 20.9. The number of ether oxygens (including phenoxy) is 2. The Kier molecular flexibility index (Phi) is 4.74. The van der Waals surface area contributed by atoms with Crippen LogP contribution in [-0.4, -0.2) is 43.8 Å². The van der Waals surface area contributed by atoms with Gasteiger partial charge in [0.05, 0.1) is 17.4 Å². The highest BCUT2D eigenvalue weighted by Gasteiger charge is 2.45. The molecule has 8 nitrogen and oxygen atoms in total. The second kappa shape index (κ2) is 7.80. The molecule has 3 aliphatic rings. The first-order valence-corrected chi connectivity index (χ1v) is 13.0. The summed E-state index contributed by atoms with van der Waals surface area (Å²) < 4.78 is 15.6. The van der Waals surface area contributed by atoms with E-state index in [0.29, 0.717) is 30.9 Å². The van der Waals surface area contributed by atoms with Gasteiger partial charge in [-0.2, -0.15) is 0 Å². The van der Waals surface area contributed by atoms with Gasteiger partial charge in [0.25, 0.3) is 5.56 Å². The van der Waals surface area contributed by atoms with Crippen molar-refractivity contribution in [3.05, 3.63) is 63.2 Å². The molecule has 0 amide bonds. The molecule has 7 rings (SSSR count). The van der Waals surface area contributed by atoms with Crippen molar-refractivity contribution < 1.29 is 9.47 Å². The third kappa shape index (κ3) is 3.06. The maximum Gasteiger partial charge on any atom is 0.262 e. The van der Waals surface area contributed by atoms with E-state index in [-0.39, 0.29) is 17.0 Å². The Balaban J connectivity index is 1.35. The molecule has 4 heterocycles. The van der Waals surface area contributed by atoms with E-state index in [0.717, 1.165) is 34.9 Å². The van der Waals surface area contributed by atoms with Gasteiger partial charge in [-0.3, -0.25) is 18.7 Å². The topological polar surface area (TPSA) is 73.9 Å². The molecule has 186 valence electrons. The molecule has 0 bridgehead atoms. The van der Waals surface area contributed by atoms with E-state index in [9.17, 15) is 4.79 Å². The average molecular weight is 486 g/mol. The minimum absolute atomic E-state index is 0.0441. The Morgan fingerprint density at radius 2 is 1.81 bits per heavy atom. The minimum Gasteiger partial charge on any atom is -0.486 e. The van der Waals surface area contributed by atoms with Gasteiger partial charge in [0.1, 0.15) is 13.2 Å². The van der Waals surface area contributed by atoms with Gasteiger partial charge >= 0.3 is 0 Å². The van der Waals surface area contributed by atoms with Gasteiger partial charge in [0, 0.05) is 25.0 Å². The van der Waals surface area contributed by atoms with Crippen LogP contribution in [0.2, 0.25) is 0 Å². The number of hydrogen-bond donors (Lipinski definition) is 0. The van der Waals surface area contributed by atoms with Crippen molar-refractivity contribution >= 4 is 16.7 Å². The maximum absolute atomic E-state index is 13.0. The van der Waals surface area contributed by atoms with Crippen molar-refractivity contribution in [3.63, 3.8) is 0 Å². The predicted octanol–water partition coefficient (Wildman–Crippen LogP) is 4.05. The molecular weight excluding hydrogens is 454 g/mol. The summed E-state index contributed by atoms with van der Waals surface area (Å²) in [6.07, 6.45) is 4.85. The molecule has 8 heteroatoms. The molecule has 2 aliphatic heterocycles. The van der Waals surface area contributed by atoms with Crippen molar-refractivity contribution in [2.45, 2.75) is 57.5 Å². The van der Waals surface area contributed by atoms with Crippen LogP contribution in [-0.2, 0) is 19.0 Å². The summed E-state index contributed by atoms with van der Waals surface area (Å²) in [7, 11) is 1.77. The predicted molar refractivity (Wildman–Crippen MR) is 137 cm³/mol. The van der Waals surface area contributed by atoms with Crippen LogP contribution in [0.3, 0.4) is 0 Å². The number of hydrogen-bond acceptors (Lipinski definition) is 6. The van der Waals surface area contributed by atoms with E-state index >= 15 is 0 Å². The van der Waals surface area contributed by atoms with Crippen molar-refractivity contribution in [1.82, 2.24) is 24.1 Å². The van der Waals surface area contributed by atoms with Crippen LogP contribution >= 0.6 is 0 Å². The Hall–Kier alpha value is -3.39. The number of rotatable bonds is 2. The molecule has 36 heavy (non-hydrogen) atoms. The SMILES string of the molecule is Cc1ccc2c(c1)c(=O)n(C)c1nnc(CN3CC4(CCCC4)c4cc5c(cc4C3C)OCCO5)n21. The van der Waals surface area contributed by atoms with Gasteiger partial charge in [-0.25, -0.2) is 0 Å². The number of aryl methyl sites for hydroxylation is 2. The molecule has 4 aromatic rings. The highest BCUT2D eigenvalue weighted by atomic mass is 16.6. The summed E-state index contributed by atoms with van der Waals surface area (Å²) in [6, 6.07) is 10.7. The second-order valence-corrected chi connectivity index (χ2v) is 10.8. The number of benzene rings is 2. The summed E-state index contributed by atoms with van der Waals surface area (Å²) in [4.78, 5) is 15.6. The van der Waals surface area contributed by atoms with Crippen molar-refractivity contribution in [3.8, 4) is 11.5 Å². The van der Waals surface area contributed by atoms with Crippen molar-refractivity contribution in [2.75, 3.05) is 19.8 Å². The van der Waals surface area contributed by atoms with Crippen LogP contribution in [0, 0.1) is 6.92 Å². The fourth-order valence-corrected chi connectivity index (χ4v) is 6.73. The lowest BCUT2D eigenvalue weighted by Crippen LogP contribution is -2.46. The standard InChI is InChI=1S/C28H31N5O3/c1-17-6-7-22-20(12-17)26(34)31(3)27-30-29-25(33(22)27)15-32-16-28(8-4-5-9-28)21-14-24-23(35-10-11-36-24)13-19(21)18(32)2/h6-7,12-14,18H,4-5,8-11,15-16H2,1-3H3. The lowest BCUT2D eigenvalue weighted by molar-refractivity contribution is 0.122. The Bertz CT molecular complexity index is 1580. The molecule has 1 fully saturated rings. The number of nitrogens with zero attached hydrogens (tertiary/aromatic N) is 5. The van der Waals surface area contributed by atoms with Crippen LogP contribution in [0.15, 0.2) is 35.1 Å². The highest BCUT2D eigenvalue weighted by Crippen LogP contribution is 2.52. The van der Waals surface area contributed by atoms with E-state index < -0.39 is 0 Å². The first-order chi connectivity index (χ1) is 17.4. The zero-order chi connectivity index (χ0) is 24.6. The van der Waals surface area contributed by atoms with E-state index in [1.165, 1.54) is 36.8 Å². The van der Waals surface area contributed by atoms with Crippen LogP contribution in [0.4, 0.5) is 0 Å². The van der Waals surface area contributed by atoms with Gasteiger partial charge in [0.15, 0.2) is 17.3 Å². The number of fused-ring (bicyclic) bond motifs is 6. The van der Waals surface area contributed by atoms with Crippen LogP contribution in [0.25, 0.3) is 16.7 Å². The van der Waals surface area contributed by atoms with Crippen molar-refractivity contribution in [1.29, 1.82) is 0 Å². The van der Waals surface area contributed by atoms with Gasteiger partial charge in [-0.15, -0.1) is 10.2 Å². The lowest BCUT2D eigenvalue weighted by Gasteiger charge is -2.46. The van der Waals surface area contributed by atoms with Gasteiger partial charge < -0.3 is 9.47 Å². The fraction of sp³-hybridized carbons (Fsp3) is 0.464. The number of aromatic nitrogens is 4. The largest absolute Gasteiger partial charge is 0.486 e. The maximum atomic E-state index is 13.0. The molecule has 1 spiro atoms. The average Bonchev–Trinajstić information content (AvgIpc) is 3.53. The Morgan fingerprint density at radius 1 is 1.06 bits per heavy atom. The van der Waals surface area contributed by atoms with Gasteiger partial charge in [-0.05, 0) is 62.1 Å². The van der Waals surface area contributed by atoms with Gasteiger partial charge in [-0.1, -0.05) is 24.5 Å². The molecule has 2 aromatic carbocycles. The van der Waals surface area contributed by atoms with Crippen LogP contribution in [0.1, 0.15) is 61.2 Å². The highest BCUT2D eigenvalue weighted by molar-refractivity contribution is 5.81. The molecule has 1 aliphatic carbocycles. The molecule has 0 N–H and O–H groups in total. The second-order valence-electron chi connectivity index (χ2n) is 10.8. The molecule has 0 radical (unpaired) electrons. The summed E-state index contributed by atoms with van der Waals surface area (Å²) in [5.74, 6) is 3.17. The lowest BCUT2D eigenvalue weighted by atomic mass is 9.71. The molecular formula is C28H31N5O3. The van der Waals surface area contributed by atoms with E-state index in [2.05, 4.69) is 38.6 Å². The van der Waals surface area contributed by atoms with E-state index in [4.69, 9.17) is 9.47 Å². The third-order valence-electron chi connectivity index (χ3n) is 8.64. The quantitative estimate of drug-likeness (QED) is 0.427. The molecule has 2 aromatic heterocycles. The van der Waals surface area contributed by atoms with E-state index in [1.807, 2.05) is 25.1 Å². The van der Waals surface area contributed by atoms with Gasteiger partial charge in [0.2, 0.25) is 5.78 Å². The molecule has 1 atom stereocenters. The summed E-state index contributed by atoms with van der Waals surface area (Å²) in [6.45, 7) is 7.11. The molecule has 1 unspecified atom stereocenters. The Labute approximate surface area is 209 Å². The third-order valence-corrected chi connectivity index (χ3v) is 8.64. The van der Waals surface area contributed by atoms with Crippen LogP contribution < -0.4 is 15.0 Å². The van der Waals surface area contributed by atoms with E-state index in [1.54, 1.807) is 11.6 Å². The zero-order valence-electron chi connectivity index (χ0n) is 21.1.